The van der Waals surface area contributed by atoms with E-state index in [0.29, 0.717) is 33.8 Å². The number of carbonyl (C=O) groups is 2. The molecule has 152 valence electrons. The van der Waals surface area contributed by atoms with Crippen molar-refractivity contribution in [2.75, 3.05) is 19.0 Å². The molecule has 2 amide bonds. The molecule has 3 N–H and O–H groups in total. The quantitative estimate of drug-likeness (QED) is 0.607. The van der Waals surface area contributed by atoms with Gasteiger partial charge in [-0.25, -0.2) is 9.78 Å². The van der Waals surface area contributed by atoms with Crippen LogP contribution in [0, 0.1) is 0 Å². The number of aromatic nitrogens is 3. The van der Waals surface area contributed by atoms with Gasteiger partial charge in [0.2, 0.25) is 0 Å². The predicted molar refractivity (Wildman–Crippen MR) is 105 cm³/mol. The highest BCUT2D eigenvalue weighted by atomic mass is 79.9. The highest BCUT2D eigenvalue weighted by Gasteiger charge is 2.32. The smallest absolute Gasteiger partial charge is 0.404 e. The summed E-state index contributed by atoms with van der Waals surface area (Å²) in [7, 11) is 3.28. The van der Waals surface area contributed by atoms with E-state index in [9.17, 15) is 9.59 Å². The van der Waals surface area contributed by atoms with Crippen molar-refractivity contribution in [3.8, 4) is 0 Å². The Bertz CT molecular complexity index is 856. The maximum Gasteiger partial charge on any atom is 0.404 e. The van der Waals surface area contributed by atoms with Crippen molar-refractivity contribution in [2.45, 2.75) is 31.1 Å². The van der Waals surface area contributed by atoms with Crippen LogP contribution in [0.15, 0.2) is 15.5 Å². The van der Waals surface area contributed by atoms with Crippen molar-refractivity contribution in [1.29, 1.82) is 0 Å². The minimum Gasteiger partial charge on any atom is -0.465 e. The molecular weight excluding hydrogens is 454 g/mol. The number of carboxylic acid groups (broad SMARTS) is 1. The van der Waals surface area contributed by atoms with E-state index >= 15 is 0 Å². The van der Waals surface area contributed by atoms with Gasteiger partial charge in [0.05, 0.1) is 30.2 Å². The van der Waals surface area contributed by atoms with Crippen LogP contribution in [-0.4, -0.2) is 57.7 Å². The van der Waals surface area contributed by atoms with Crippen LogP contribution in [0.2, 0.25) is 0 Å². The van der Waals surface area contributed by atoms with Gasteiger partial charge in [-0.2, -0.15) is 5.10 Å². The van der Waals surface area contributed by atoms with Crippen LogP contribution in [-0.2, 0) is 16.5 Å². The van der Waals surface area contributed by atoms with Crippen molar-refractivity contribution in [1.82, 2.24) is 20.1 Å². The number of halogens is 1. The number of rotatable bonds is 5. The second-order valence-corrected chi connectivity index (χ2v) is 8.37. The molecule has 12 heteroatoms. The van der Waals surface area contributed by atoms with Crippen LogP contribution in [0.1, 0.15) is 35.1 Å². The third-order valence-electron chi connectivity index (χ3n) is 4.51. The minimum absolute atomic E-state index is 0.212. The zero-order chi connectivity index (χ0) is 20.3. The summed E-state index contributed by atoms with van der Waals surface area (Å²) in [5.74, 6) is -0.343. The molecule has 10 nitrogen and oxygen atoms in total. The number of nitrogens with one attached hydrogen (secondary N) is 2. The molecule has 0 saturated carbocycles. The maximum absolute atomic E-state index is 12.5. The SMILES string of the molecule is CO[C@@H]1CO[C@H](c2c(NC(=O)c3csc(Br)n3)cnn2C)CC[C@H]1NC(=O)O. The van der Waals surface area contributed by atoms with Crippen LogP contribution in [0.5, 0.6) is 0 Å². The molecule has 0 unspecified atom stereocenters. The van der Waals surface area contributed by atoms with E-state index in [1.165, 1.54) is 18.4 Å². The van der Waals surface area contributed by atoms with Gasteiger partial charge in [-0.1, -0.05) is 0 Å². The molecule has 0 bridgehead atoms. The molecule has 2 aromatic rings. The van der Waals surface area contributed by atoms with Crippen molar-refractivity contribution in [3.05, 3.63) is 26.9 Å². The second kappa shape index (κ2) is 8.99. The number of hydrogen-bond acceptors (Lipinski definition) is 7. The standard InChI is InChI=1S/C16H20BrN5O5S/c1-22-13(9(5-18-22)19-14(23)10-7-28-15(17)20-10)11-4-3-8(21-16(24)25)12(26-2)6-27-11/h5,7-8,11-12,21H,3-4,6H2,1-2H3,(H,19,23)(H,24,25)/t8-,11+,12-/m1/s1. The first-order valence-corrected chi connectivity index (χ1v) is 10.1. The first-order chi connectivity index (χ1) is 13.4. The van der Waals surface area contributed by atoms with Gasteiger partial charge in [0.1, 0.15) is 17.9 Å². The van der Waals surface area contributed by atoms with Crippen LogP contribution in [0.25, 0.3) is 0 Å². The van der Waals surface area contributed by atoms with Crippen LogP contribution < -0.4 is 10.6 Å². The van der Waals surface area contributed by atoms with Crippen molar-refractivity contribution >= 4 is 45.0 Å². The summed E-state index contributed by atoms with van der Waals surface area (Å²) in [4.78, 5) is 27.6. The Morgan fingerprint density at radius 3 is 2.89 bits per heavy atom. The Labute approximate surface area is 173 Å². The van der Waals surface area contributed by atoms with Gasteiger partial charge >= 0.3 is 6.09 Å². The van der Waals surface area contributed by atoms with E-state index in [4.69, 9.17) is 14.6 Å². The zero-order valence-electron chi connectivity index (χ0n) is 15.2. The molecular formula is C16H20BrN5O5S. The molecule has 0 aromatic carbocycles. The van der Waals surface area contributed by atoms with E-state index in [-0.39, 0.29) is 24.7 Å². The van der Waals surface area contributed by atoms with Gasteiger partial charge in [0.25, 0.3) is 5.91 Å². The van der Waals surface area contributed by atoms with Crippen LogP contribution >= 0.6 is 27.3 Å². The lowest BCUT2D eigenvalue weighted by atomic mass is 10.0. The molecule has 0 radical (unpaired) electrons. The lowest BCUT2D eigenvalue weighted by Crippen LogP contribution is -2.44. The molecule has 0 aliphatic carbocycles. The summed E-state index contributed by atoms with van der Waals surface area (Å²) in [6, 6.07) is -0.383. The Morgan fingerprint density at radius 2 is 2.25 bits per heavy atom. The molecule has 3 heterocycles. The number of thiazole rings is 1. The number of hydrogen-bond donors (Lipinski definition) is 3. The van der Waals surface area contributed by atoms with E-state index in [1.807, 2.05) is 0 Å². The summed E-state index contributed by atoms with van der Waals surface area (Å²) >= 11 is 4.56. The number of nitrogens with zero attached hydrogens (tertiary/aromatic N) is 3. The number of amides is 2. The monoisotopic (exact) mass is 473 g/mol. The average molecular weight is 474 g/mol. The lowest BCUT2D eigenvalue weighted by Gasteiger charge is -2.22. The Hall–Kier alpha value is -2.02. The highest BCUT2D eigenvalue weighted by Crippen LogP contribution is 2.33. The number of ether oxygens (including phenoxy) is 2. The molecule has 28 heavy (non-hydrogen) atoms. The fraction of sp³-hybridized carbons (Fsp3) is 0.500. The zero-order valence-corrected chi connectivity index (χ0v) is 17.6. The van der Waals surface area contributed by atoms with E-state index in [2.05, 4.69) is 36.6 Å². The van der Waals surface area contributed by atoms with Crippen molar-refractivity contribution in [2.24, 2.45) is 7.05 Å². The average Bonchev–Trinajstić information content (AvgIpc) is 3.17. The lowest BCUT2D eigenvalue weighted by molar-refractivity contribution is -0.0242. The predicted octanol–water partition coefficient (Wildman–Crippen LogP) is 2.39. The van der Waals surface area contributed by atoms with Gasteiger partial charge in [-0.15, -0.1) is 11.3 Å². The second-order valence-electron chi connectivity index (χ2n) is 6.24. The van der Waals surface area contributed by atoms with Gasteiger partial charge in [0, 0.05) is 19.5 Å². The summed E-state index contributed by atoms with van der Waals surface area (Å²) in [6.45, 7) is 0.212. The van der Waals surface area contributed by atoms with Crippen LogP contribution in [0.4, 0.5) is 10.5 Å². The van der Waals surface area contributed by atoms with E-state index < -0.39 is 12.2 Å². The summed E-state index contributed by atoms with van der Waals surface area (Å²) < 4.78 is 13.6. The number of aryl methyl sites for hydroxylation is 1. The van der Waals surface area contributed by atoms with Crippen LogP contribution in [0.3, 0.4) is 0 Å². The first-order valence-electron chi connectivity index (χ1n) is 8.47. The summed E-state index contributed by atoms with van der Waals surface area (Å²) in [6.07, 6.45) is 0.739. The molecule has 2 aromatic heterocycles. The van der Waals surface area contributed by atoms with Crippen molar-refractivity contribution in [3.63, 3.8) is 0 Å². The summed E-state index contributed by atoms with van der Waals surface area (Å²) in [5, 5.41) is 20.2. The molecule has 1 aliphatic heterocycles. The minimum atomic E-state index is -1.10. The van der Waals surface area contributed by atoms with Crippen molar-refractivity contribution < 1.29 is 24.2 Å². The third-order valence-corrected chi connectivity index (χ3v) is 5.87. The largest absolute Gasteiger partial charge is 0.465 e. The van der Waals surface area contributed by atoms with Gasteiger partial charge in [-0.3, -0.25) is 9.48 Å². The Morgan fingerprint density at radius 1 is 1.46 bits per heavy atom. The summed E-state index contributed by atoms with van der Waals surface area (Å²) in [5.41, 5.74) is 1.53. The molecule has 3 rings (SSSR count). The maximum atomic E-state index is 12.5. The normalized spacial score (nSPS) is 22.5. The topological polar surface area (TPSA) is 128 Å². The number of anilines is 1. The Kier molecular flexibility index (Phi) is 6.65. The molecule has 0 spiro atoms. The van der Waals surface area contributed by atoms with Gasteiger partial charge in [0.15, 0.2) is 3.92 Å². The highest BCUT2D eigenvalue weighted by molar-refractivity contribution is 9.11. The van der Waals surface area contributed by atoms with Gasteiger partial charge < -0.3 is 25.2 Å². The molecule has 1 fully saturated rings. The fourth-order valence-electron chi connectivity index (χ4n) is 3.17. The first kappa shape index (κ1) is 20.7. The van der Waals surface area contributed by atoms with E-state index in [0.717, 1.165) is 0 Å². The number of carbonyl (C=O) groups excluding carboxylic acids is 1. The fourth-order valence-corrected chi connectivity index (χ4v) is 4.16. The van der Waals surface area contributed by atoms with E-state index in [1.54, 1.807) is 23.3 Å². The molecule has 3 atom stereocenters. The van der Waals surface area contributed by atoms with Gasteiger partial charge in [-0.05, 0) is 28.8 Å². The third kappa shape index (κ3) is 4.69. The Balaban J connectivity index is 1.77. The number of methoxy groups -OCH3 is 1. The molecule has 1 aliphatic rings. The molecule has 1 saturated heterocycles.